The smallest absolute Gasteiger partial charge is 0.144 e. The molecule has 1 nitrogen and oxygen atoms in total. The number of furan rings is 1. The van der Waals surface area contributed by atoms with Gasteiger partial charge >= 0.3 is 0 Å². The number of hydrogen-bond donors (Lipinski definition) is 0. The fraction of sp³-hybridized carbons (Fsp3) is 0. The molecule has 0 atom stereocenters. The summed E-state index contributed by atoms with van der Waals surface area (Å²) < 4.78 is 6.82. The first kappa shape index (κ1) is 20.9. The van der Waals surface area contributed by atoms with Gasteiger partial charge in [-0.2, -0.15) is 0 Å². The molecule has 0 spiro atoms. The van der Waals surface area contributed by atoms with Crippen LogP contribution in [-0.4, -0.2) is 0 Å². The molecular weight excluding hydrogens is 472 g/mol. The van der Waals surface area contributed by atoms with E-state index in [1.54, 1.807) is 0 Å². The molecule has 0 saturated carbocycles. The maximum absolute atomic E-state index is 6.82. The van der Waals surface area contributed by atoms with Crippen molar-refractivity contribution in [3.8, 4) is 22.3 Å². The Morgan fingerprint density at radius 3 is 1.56 bits per heavy atom. The van der Waals surface area contributed by atoms with Crippen molar-refractivity contribution in [2.75, 3.05) is 0 Å². The maximum Gasteiger partial charge on any atom is 0.144 e. The summed E-state index contributed by atoms with van der Waals surface area (Å²) in [4.78, 5) is 0. The Balaban J connectivity index is 1.58. The predicted molar refractivity (Wildman–Crippen MR) is 166 cm³/mol. The molecule has 0 bridgehead atoms. The average Bonchev–Trinajstić information content (AvgIpc) is 3.39. The molecule has 0 amide bonds. The van der Waals surface area contributed by atoms with Crippen LogP contribution in [0.4, 0.5) is 0 Å². The molecule has 0 fully saturated rings. The summed E-state index contributed by atoms with van der Waals surface area (Å²) in [7, 11) is 0. The van der Waals surface area contributed by atoms with E-state index in [0.29, 0.717) is 0 Å². The summed E-state index contributed by atoms with van der Waals surface area (Å²) in [5.74, 6) is 0. The molecule has 9 rings (SSSR count). The molecule has 9 aromatic rings. The van der Waals surface area contributed by atoms with Crippen LogP contribution in [0.2, 0.25) is 0 Å². The minimum absolute atomic E-state index is 0.944. The lowest BCUT2D eigenvalue weighted by Crippen LogP contribution is -1.92. The van der Waals surface area contributed by atoms with Crippen molar-refractivity contribution in [1.82, 2.24) is 0 Å². The summed E-state index contributed by atoms with van der Waals surface area (Å²) in [5.41, 5.74) is 6.83. The Bertz CT molecular complexity index is 2320. The molecule has 0 aliphatic rings. The number of hydrogen-bond acceptors (Lipinski definition) is 1. The van der Waals surface area contributed by atoms with Gasteiger partial charge < -0.3 is 4.42 Å². The molecule has 0 N–H and O–H groups in total. The van der Waals surface area contributed by atoms with E-state index in [1.807, 2.05) is 0 Å². The molecule has 0 saturated heterocycles. The van der Waals surface area contributed by atoms with Gasteiger partial charge in [-0.05, 0) is 60.3 Å². The SMILES string of the molecule is c1ccc(-c2c3ccccc3c(-c3c4ccccc4c4ccc5cccc6oc3c4c56)c3ccccc23)cc1. The third-order valence-corrected chi connectivity index (χ3v) is 8.40. The molecule has 1 heteroatoms. The highest BCUT2D eigenvalue weighted by Crippen LogP contribution is 2.51. The van der Waals surface area contributed by atoms with Crippen molar-refractivity contribution in [3.63, 3.8) is 0 Å². The van der Waals surface area contributed by atoms with E-state index in [-0.39, 0.29) is 0 Å². The molecule has 0 aliphatic carbocycles. The molecule has 1 aromatic heterocycles. The first-order chi connectivity index (χ1) is 19.4. The van der Waals surface area contributed by atoms with Crippen LogP contribution in [0.3, 0.4) is 0 Å². The summed E-state index contributed by atoms with van der Waals surface area (Å²) in [5, 5.41) is 12.4. The van der Waals surface area contributed by atoms with Gasteiger partial charge in [0.25, 0.3) is 0 Å². The fourth-order valence-corrected chi connectivity index (χ4v) is 6.85. The van der Waals surface area contributed by atoms with Crippen molar-refractivity contribution in [2.45, 2.75) is 0 Å². The molecule has 39 heavy (non-hydrogen) atoms. The van der Waals surface area contributed by atoms with Gasteiger partial charge in [-0.1, -0.05) is 127 Å². The monoisotopic (exact) mass is 494 g/mol. The van der Waals surface area contributed by atoms with Crippen LogP contribution in [0.1, 0.15) is 0 Å². The Kier molecular flexibility index (Phi) is 4.11. The van der Waals surface area contributed by atoms with Crippen molar-refractivity contribution in [2.24, 2.45) is 0 Å². The zero-order valence-corrected chi connectivity index (χ0v) is 21.1. The van der Waals surface area contributed by atoms with Gasteiger partial charge in [0.2, 0.25) is 0 Å². The van der Waals surface area contributed by atoms with Crippen LogP contribution >= 0.6 is 0 Å². The van der Waals surface area contributed by atoms with E-state index < -0.39 is 0 Å². The van der Waals surface area contributed by atoms with Crippen molar-refractivity contribution in [1.29, 1.82) is 0 Å². The Labute approximate surface area is 224 Å². The zero-order chi connectivity index (χ0) is 25.5. The van der Waals surface area contributed by atoms with Crippen LogP contribution < -0.4 is 0 Å². The van der Waals surface area contributed by atoms with Crippen LogP contribution in [0.5, 0.6) is 0 Å². The van der Waals surface area contributed by atoms with Gasteiger partial charge in [-0.25, -0.2) is 0 Å². The van der Waals surface area contributed by atoms with Crippen molar-refractivity contribution in [3.05, 3.63) is 133 Å². The third kappa shape index (κ3) is 2.74. The van der Waals surface area contributed by atoms with Crippen molar-refractivity contribution >= 4 is 65.0 Å². The molecule has 8 aromatic carbocycles. The van der Waals surface area contributed by atoms with Gasteiger partial charge in [0, 0.05) is 21.9 Å². The normalized spacial score (nSPS) is 12.1. The summed E-state index contributed by atoms with van der Waals surface area (Å²) >= 11 is 0. The van der Waals surface area contributed by atoms with Gasteiger partial charge in [-0.15, -0.1) is 0 Å². The fourth-order valence-electron chi connectivity index (χ4n) is 6.85. The predicted octanol–water partition coefficient (Wildman–Crippen LogP) is 11.0. The second-order valence-corrected chi connectivity index (χ2v) is 10.4. The minimum atomic E-state index is 0.944. The van der Waals surface area contributed by atoms with Crippen molar-refractivity contribution < 1.29 is 4.42 Å². The van der Waals surface area contributed by atoms with E-state index in [2.05, 4.69) is 133 Å². The van der Waals surface area contributed by atoms with Gasteiger partial charge in [0.1, 0.15) is 11.2 Å². The number of benzene rings is 8. The highest BCUT2D eigenvalue weighted by atomic mass is 16.3. The lowest BCUT2D eigenvalue weighted by molar-refractivity contribution is 0.671. The first-order valence-electron chi connectivity index (χ1n) is 13.5. The van der Waals surface area contributed by atoms with Gasteiger partial charge in [0.15, 0.2) is 0 Å². The molecular formula is C38H22O. The Morgan fingerprint density at radius 1 is 0.333 bits per heavy atom. The second-order valence-electron chi connectivity index (χ2n) is 10.4. The van der Waals surface area contributed by atoms with E-state index in [1.165, 1.54) is 76.1 Å². The molecule has 0 aliphatic heterocycles. The zero-order valence-electron chi connectivity index (χ0n) is 21.1. The topological polar surface area (TPSA) is 13.1 Å². The lowest BCUT2D eigenvalue weighted by atomic mass is 9.83. The summed E-state index contributed by atoms with van der Waals surface area (Å²) in [6, 6.07) is 48.2. The quantitative estimate of drug-likeness (QED) is 0.172. The first-order valence-corrected chi connectivity index (χ1v) is 13.5. The van der Waals surface area contributed by atoms with E-state index in [9.17, 15) is 0 Å². The standard InChI is InChI=1S/C38H22O/c1-2-11-23(12-3-1)33-27-16-6-8-18-29(27)35(30-19-9-7-17-28(30)33)37-26-15-5-4-14-25(26)31-22-21-24-13-10-20-32-34(24)36(31)38(37)39-32/h1-22H. The summed E-state index contributed by atoms with van der Waals surface area (Å²) in [6.07, 6.45) is 0. The van der Waals surface area contributed by atoms with Gasteiger partial charge in [-0.3, -0.25) is 0 Å². The second kappa shape index (κ2) is 7.69. The average molecular weight is 495 g/mol. The Hall–Kier alpha value is -5.14. The van der Waals surface area contributed by atoms with Crippen LogP contribution in [-0.2, 0) is 0 Å². The van der Waals surface area contributed by atoms with Crippen LogP contribution in [0.15, 0.2) is 138 Å². The van der Waals surface area contributed by atoms with E-state index in [4.69, 9.17) is 4.42 Å². The van der Waals surface area contributed by atoms with E-state index in [0.717, 1.165) is 11.2 Å². The third-order valence-electron chi connectivity index (χ3n) is 8.40. The van der Waals surface area contributed by atoms with Crippen LogP contribution in [0, 0.1) is 0 Å². The van der Waals surface area contributed by atoms with Gasteiger partial charge in [0.05, 0.1) is 0 Å². The number of fused-ring (bicyclic) bond motifs is 4. The molecule has 0 radical (unpaired) electrons. The minimum Gasteiger partial charge on any atom is -0.455 e. The highest BCUT2D eigenvalue weighted by molar-refractivity contribution is 6.35. The largest absolute Gasteiger partial charge is 0.455 e. The molecule has 1 heterocycles. The molecule has 180 valence electrons. The molecule has 0 unspecified atom stereocenters. The lowest BCUT2D eigenvalue weighted by Gasteiger charge is -2.19. The van der Waals surface area contributed by atoms with Crippen LogP contribution in [0.25, 0.3) is 87.3 Å². The number of rotatable bonds is 2. The summed E-state index contributed by atoms with van der Waals surface area (Å²) in [6.45, 7) is 0. The maximum atomic E-state index is 6.82. The highest BCUT2D eigenvalue weighted by Gasteiger charge is 2.24. The van der Waals surface area contributed by atoms with E-state index >= 15 is 0 Å². The Morgan fingerprint density at radius 2 is 0.897 bits per heavy atom.